The molecule has 6 heteroatoms. The standard InChI is InChI=1S/C19H20N2O3S/c1-3-16-11(2)8-17(25-16)18(22)21-15(19(23)24)9-12-10-20-14-7-5-4-6-13(12)14/h4-8,10,15,20H,3,9H2,1-2H3,(H,21,22)(H,23,24). The summed E-state index contributed by atoms with van der Waals surface area (Å²) in [5.74, 6) is -1.37. The molecule has 3 aromatic rings. The number of hydrogen-bond acceptors (Lipinski definition) is 3. The molecule has 2 aromatic heterocycles. The van der Waals surface area contributed by atoms with E-state index in [9.17, 15) is 14.7 Å². The van der Waals surface area contributed by atoms with E-state index in [2.05, 4.69) is 10.3 Å². The minimum Gasteiger partial charge on any atom is -0.480 e. The Hall–Kier alpha value is -2.60. The topological polar surface area (TPSA) is 82.2 Å². The quantitative estimate of drug-likeness (QED) is 0.632. The van der Waals surface area contributed by atoms with Crippen LogP contribution < -0.4 is 5.32 Å². The maximum absolute atomic E-state index is 12.5. The van der Waals surface area contributed by atoms with Gasteiger partial charge in [-0.15, -0.1) is 11.3 Å². The van der Waals surface area contributed by atoms with Gasteiger partial charge in [0.1, 0.15) is 6.04 Å². The molecule has 3 N–H and O–H groups in total. The maximum Gasteiger partial charge on any atom is 0.326 e. The molecule has 1 atom stereocenters. The first-order valence-electron chi connectivity index (χ1n) is 8.17. The van der Waals surface area contributed by atoms with E-state index in [1.165, 1.54) is 11.3 Å². The summed E-state index contributed by atoms with van der Waals surface area (Å²) in [6.07, 6.45) is 2.90. The second-order valence-corrected chi connectivity index (χ2v) is 7.14. The smallest absolute Gasteiger partial charge is 0.326 e. The lowest BCUT2D eigenvalue weighted by Crippen LogP contribution is -2.42. The number of hydrogen-bond donors (Lipinski definition) is 3. The number of benzene rings is 1. The summed E-state index contributed by atoms with van der Waals surface area (Å²) in [4.78, 5) is 28.9. The highest BCUT2D eigenvalue weighted by Gasteiger charge is 2.23. The van der Waals surface area contributed by atoms with Crippen molar-refractivity contribution in [2.75, 3.05) is 0 Å². The fourth-order valence-corrected chi connectivity index (χ4v) is 3.95. The Bertz CT molecular complexity index is 926. The summed E-state index contributed by atoms with van der Waals surface area (Å²) in [5, 5.41) is 13.2. The highest BCUT2D eigenvalue weighted by atomic mass is 32.1. The van der Waals surface area contributed by atoms with E-state index in [1.807, 2.05) is 44.2 Å². The number of aryl methyl sites for hydroxylation is 2. The van der Waals surface area contributed by atoms with Crippen LogP contribution in [0.25, 0.3) is 10.9 Å². The van der Waals surface area contributed by atoms with Gasteiger partial charge in [-0.3, -0.25) is 4.79 Å². The summed E-state index contributed by atoms with van der Waals surface area (Å²) in [7, 11) is 0. The van der Waals surface area contributed by atoms with E-state index in [0.717, 1.165) is 33.3 Å². The van der Waals surface area contributed by atoms with Gasteiger partial charge < -0.3 is 15.4 Å². The number of amides is 1. The zero-order chi connectivity index (χ0) is 18.0. The van der Waals surface area contributed by atoms with Gasteiger partial charge in [0.25, 0.3) is 5.91 Å². The van der Waals surface area contributed by atoms with E-state index in [1.54, 1.807) is 6.20 Å². The highest BCUT2D eigenvalue weighted by molar-refractivity contribution is 7.14. The van der Waals surface area contributed by atoms with Crippen molar-refractivity contribution >= 4 is 34.1 Å². The van der Waals surface area contributed by atoms with E-state index < -0.39 is 12.0 Å². The minimum atomic E-state index is -1.04. The Labute approximate surface area is 149 Å². The zero-order valence-electron chi connectivity index (χ0n) is 14.1. The number of H-pyrrole nitrogens is 1. The van der Waals surface area contributed by atoms with Crippen molar-refractivity contribution in [3.8, 4) is 0 Å². The molecule has 2 heterocycles. The van der Waals surface area contributed by atoms with Gasteiger partial charge in [0.15, 0.2) is 0 Å². The third-order valence-corrected chi connectivity index (χ3v) is 5.65. The number of rotatable bonds is 6. The molecule has 0 bridgehead atoms. The van der Waals surface area contributed by atoms with E-state index in [4.69, 9.17) is 0 Å². The molecular formula is C19H20N2O3S. The first-order valence-corrected chi connectivity index (χ1v) is 8.99. The van der Waals surface area contributed by atoms with Gasteiger partial charge in [-0.1, -0.05) is 25.1 Å². The number of carboxylic acid groups (broad SMARTS) is 1. The van der Waals surface area contributed by atoms with Crippen LogP contribution in [0.15, 0.2) is 36.5 Å². The molecular weight excluding hydrogens is 336 g/mol. The Kier molecular flexibility index (Phi) is 4.90. The average Bonchev–Trinajstić information content (AvgIpc) is 3.17. The third kappa shape index (κ3) is 3.58. The molecule has 1 aromatic carbocycles. The molecule has 0 saturated carbocycles. The summed E-state index contributed by atoms with van der Waals surface area (Å²) in [6.45, 7) is 4.00. The number of thiophene rings is 1. The van der Waals surface area contributed by atoms with Gasteiger partial charge in [0, 0.05) is 28.4 Å². The number of para-hydroxylation sites is 1. The molecule has 1 unspecified atom stereocenters. The molecule has 0 fully saturated rings. The van der Waals surface area contributed by atoms with Crippen molar-refractivity contribution in [2.24, 2.45) is 0 Å². The average molecular weight is 356 g/mol. The van der Waals surface area contributed by atoms with Crippen LogP contribution in [0, 0.1) is 6.92 Å². The molecule has 0 saturated heterocycles. The molecule has 25 heavy (non-hydrogen) atoms. The van der Waals surface area contributed by atoms with Gasteiger partial charge in [0.2, 0.25) is 0 Å². The Morgan fingerprint density at radius 1 is 1.32 bits per heavy atom. The second-order valence-electron chi connectivity index (χ2n) is 6.00. The van der Waals surface area contributed by atoms with Crippen molar-refractivity contribution < 1.29 is 14.7 Å². The first-order chi connectivity index (χ1) is 12.0. The molecule has 130 valence electrons. The highest BCUT2D eigenvalue weighted by Crippen LogP contribution is 2.23. The second kappa shape index (κ2) is 7.11. The molecule has 5 nitrogen and oxygen atoms in total. The van der Waals surface area contributed by atoms with Gasteiger partial charge >= 0.3 is 5.97 Å². The number of aromatic amines is 1. The van der Waals surface area contributed by atoms with Gasteiger partial charge in [-0.05, 0) is 36.6 Å². The summed E-state index contributed by atoms with van der Waals surface area (Å²) < 4.78 is 0. The SMILES string of the molecule is CCc1sc(C(=O)NC(Cc2c[nH]c3ccccc23)C(=O)O)cc1C. The molecule has 0 spiro atoms. The van der Waals surface area contributed by atoms with Crippen LogP contribution in [0.3, 0.4) is 0 Å². The van der Waals surface area contributed by atoms with Gasteiger partial charge in [-0.2, -0.15) is 0 Å². The van der Waals surface area contributed by atoms with Crippen LogP contribution in [0.5, 0.6) is 0 Å². The van der Waals surface area contributed by atoms with Crippen molar-refractivity contribution in [3.05, 3.63) is 57.4 Å². The van der Waals surface area contributed by atoms with Gasteiger partial charge in [-0.25, -0.2) is 4.79 Å². The number of carbonyl (C=O) groups is 2. The molecule has 3 rings (SSSR count). The number of carboxylic acids is 1. The minimum absolute atomic E-state index is 0.232. The lowest BCUT2D eigenvalue weighted by atomic mass is 10.0. The van der Waals surface area contributed by atoms with E-state index >= 15 is 0 Å². The predicted octanol–water partition coefficient (Wildman–Crippen LogP) is 3.53. The predicted molar refractivity (Wildman–Crippen MR) is 99.3 cm³/mol. The lowest BCUT2D eigenvalue weighted by Gasteiger charge is -2.13. The number of nitrogens with one attached hydrogen (secondary N) is 2. The number of aliphatic carboxylic acids is 1. The molecule has 0 aliphatic heterocycles. The Balaban J connectivity index is 1.79. The monoisotopic (exact) mass is 356 g/mol. The van der Waals surface area contributed by atoms with Crippen LogP contribution in [-0.4, -0.2) is 28.0 Å². The Morgan fingerprint density at radius 2 is 2.08 bits per heavy atom. The van der Waals surface area contributed by atoms with Crippen LogP contribution in [0.1, 0.15) is 32.6 Å². The summed E-state index contributed by atoms with van der Waals surface area (Å²) in [6, 6.07) is 8.56. The zero-order valence-corrected chi connectivity index (χ0v) is 14.9. The van der Waals surface area contributed by atoms with Crippen LogP contribution in [0.4, 0.5) is 0 Å². The van der Waals surface area contributed by atoms with E-state index in [0.29, 0.717) is 4.88 Å². The van der Waals surface area contributed by atoms with Crippen LogP contribution in [-0.2, 0) is 17.6 Å². The van der Waals surface area contributed by atoms with Crippen molar-refractivity contribution in [1.82, 2.24) is 10.3 Å². The molecule has 0 radical (unpaired) electrons. The maximum atomic E-state index is 12.5. The molecule has 0 aliphatic rings. The fraction of sp³-hybridized carbons (Fsp3) is 0.263. The number of fused-ring (bicyclic) bond motifs is 1. The van der Waals surface area contributed by atoms with Crippen molar-refractivity contribution in [2.45, 2.75) is 32.7 Å². The van der Waals surface area contributed by atoms with Gasteiger partial charge in [0.05, 0.1) is 4.88 Å². The van der Waals surface area contributed by atoms with Crippen molar-refractivity contribution in [1.29, 1.82) is 0 Å². The van der Waals surface area contributed by atoms with Crippen LogP contribution >= 0.6 is 11.3 Å². The number of carbonyl (C=O) groups excluding carboxylic acids is 1. The molecule has 1 amide bonds. The normalized spacial score (nSPS) is 12.2. The number of aromatic nitrogens is 1. The first kappa shape index (κ1) is 17.2. The largest absolute Gasteiger partial charge is 0.480 e. The molecule has 0 aliphatic carbocycles. The summed E-state index contributed by atoms with van der Waals surface area (Å²) in [5.41, 5.74) is 2.90. The van der Waals surface area contributed by atoms with Crippen molar-refractivity contribution in [3.63, 3.8) is 0 Å². The van der Waals surface area contributed by atoms with E-state index in [-0.39, 0.29) is 12.3 Å². The van der Waals surface area contributed by atoms with Crippen LogP contribution in [0.2, 0.25) is 0 Å². The Morgan fingerprint density at radius 3 is 2.76 bits per heavy atom. The lowest BCUT2D eigenvalue weighted by molar-refractivity contribution is -0.139. The fourth-order valence-electron chi connectivity index (χ4n) is 2.93. The summed E-state index contributed by atoms with van der Waals surface area (Å²) >= 11 is 1.42. The third-order valence-electron chi connectivity index (χ3n) is 4.27.